The summed E-state index contributed by atoms with van der Waals surface area (Å²) in [4.78, 5) is 11.8. The van der Waals surface area contributed by atoms with Gasteiger partial charge in [0, 0.05) is 17.8 Å². The smallest absolute Gasteiger partial charge is 0.223 e. The minimum atomic E-state index is 0.303. The van der Waals surface area contributed by atoms with Gasteiger partial charge in [0.25, 0.3) is 0 Å². The number of hydrogen-bond acceptors (Lipinski definition) is 1. The lowest BCUT2D eigenvalue weighted by Gasteiger charge is -2.36. The molecule has 2 saturated carbocycles. The van der Waals surface area contributed by atoms with Crippen LogP contribution >= 0.6 is 15.9 Å². The van der Waals surface area contributed by atoms with Gasteiger partial charge in [0.05, 0.1) is 0 Å². The second-order valence-electron chi connectivity index (χ2n) is 5.54. The lowest BCUT2D eigenvalue weighted by molar-refractivity contribution is -0.127. The predicted octanol–water partition coefficient (Wildman–Crippen LogP) is 3.25. The maximum Gasteiger partial charge on any atom is 0.223 e. The van der Waals surface area contributed by atoms with Crippen molar-refractivity contribution < 1.29 is 4.79 Å². The molecular formula is C13H22BrNO. The van der Waals surface area contributed by atoms with Crippen LogP contribution in [-0.2, 0) is 4.79 Å². The molecule has 2 rings (SSSR count). The Labute approximate surface area is 107 Å². The van der Waals surface area contributed by atoms with Crippen molar-refractivity contribution in [2.45, 2.75) is 51.4 Å². The molecule has 0 saturated heterocycles. The van der Waals surface area contributed by atoms with E-state index in [1.54, 1.807) is 0 Å². The molecule has 0 radical (unpaired) electrons. The highest BCUT2D eigenvalue weighted by atomic mass is 79.9. The van der Waals surface area contributed by atoms with E-state index in [1.165, 1.54) is 38.5 Å². The lowest BCUT2D eigenvalue weighted by Crippen LogP contribution is -2.43. The third kappa shape index (κ3) is 2.79. The summed E-state index contributed by atoms with van der Waals surface area (Å²) in [5, 5.41) is 4.21. The van der Waals surface area contributed by atoms with E-state index in [9.17, 15) is 4.79 Å². The Kier molecular flexibility index (Phi) is 4.28. The SMILES string of the molecule is O=C(NCC1(CBr)CCCCC1)C1CCC1. The average Bonchev–Trinajstić information content (AvgIpc) is 2.25. The van der Waals surface area contributed by atoms with E-state index in [2.05, 4.69) is 21.2 Å². The summed E-state index contributed by atoms with van der Waals surface area (Å²) < 4.78 is 0. The van der Waals surface area contributed by atoms with Crippen molar-refractivity contribution in [3.63, 3.8) is 0 Å². The van der Waals surface area contributed by atoms with Crippen molar-refractivity contribution in [1.29, 1.82) is 0 Å². The first-order chi connectivity index (χ1) is 7.76. The van der Waals surface area contributed by atoms with Gasteiger partial charge in [-0.3, -0.25) is 4.79 Å². The molecule has 0 atom stereocenters. The third-order valence-corrected chi connectivity index (χ3v) is 5.50. The van der Waals surface area contributed by atoms with Crippen LogP contribution in [0.5, 0.6) is 0 Å². The third-order valence-electron chi connectivity index (χ3n) is 4.31. The van der Waals surface area contributed by atoms with Crippen LogP contribution in [-0.4, -0.2) is 17.8 Å². The highest BCUT2D eigenvalue weighted by molar-refractivity contribution is 9.09. The number of hydrogen-bond donors (Lipinski definition) is 1. The van der Waals surface area contributed by atoms with Gasteiger partial charge in [-0.05, 0) is 31.1 Å². The van der Waals surface area contributed by atoms with E-state index in [0.717, 1.165) is 24.7 Å². The van der Waals surface area contributed by atoms with E-state index in [4.69, 9.17) is 0 Å². The van der Waals surface area contributed by atoms with Crippen molar-refractivity contribution in [2.24, 2.45) is 11.3 Å². The summed E-state index contributed by atoms with van der Waals surface area (Å²) in [7, 11) is 0. The number of alkyl halides is 1. The van der Waals surface area contributed by atoms with Gasteiger partial charge in [0.15, 0.2) is 0 Å². The largest absolute Gasteiger partial charge is 0.355 e. The highest BCUT2D eigenvalue weighted by Crippen LogP contribution is 2.37. The fraction of sp³-hybridized carbons (Fsp3) is 0.923. The molecule has 2 aliphatic carbocycles. The average molecular weight is 288 g/mol. The first-order valence-corrected chi connectivity index (χ1v) is 7.72. The zero-order valence-corrected chi connectivity index (χ0v) is 11.5. The van der Waals surface area contributed by atoms with Gasteiger partial charge in [-0.1, -0.05) is 41.6 Å². The van der Waals surface area contributed by atoms with Crippen molar-refractivity contribution in [1.82, 2.24) is 5.32 Å². The molecule has 3 heteroatoms. The highest BCUT2D eigenvalue weighted by Gasteiger charge is 2.33. The van der Waals surface area contributed by atoms with Crippen LogP contribution in [0.1, 0.15) is 51.4 Å². The molecule has 0 unspecified atom stereocenters. The second-order valence-corrected chi connectivity index (χ2v) is 6.10. The van der Waals surface area contributed by atoms with E-state index in [0.29, 0.717) is 17.2 Å². The van der Waals surface area contributed by atoms with Gasteiger partial charge < -0.3 is 5.32 Å². The molecule has 92 valence electrons. The van der Waals surface area contributed by atoms with E-state index >= 15 is 0 Å². The first-order valence-electron chi connectivity index (χ1n) is 6.59. The zero-order valence-electron chi connectivity index (χ0n) is 9.93. The van der Waals surface area contributed by atoms with Crippen LogP contribution in [0, 0.1) is 11.3 Å². The van der Waals surface area contributed by atoms with Crippen LogP contribution in [0.15, 0.2) is 0 Å². The lowest BCUT2D eigenvalue weighted by atomic mass is 9.75. The second kappa shape index (κ2) is 5.52. The van der Waals surface area contributed by atoms with Gasteiger partial charge in [0.1, 0.15) is 0 Å². The van der Waals surface area contributed by atoms with E-state index in [-0.39, 0.29) is 0 Å². The van der Waals surface area contributed by atoms with Crippen molar-refractivity contribution in [2.75, 3.05) is 11.9 Å². The Bertz CT molecular complexity index is 244. The molecule has 16 heavy (non-hydrogen) atoms. The molecular weight excluding hydrogens is 266 g/mol. The minimum Gasteiger partial charge on any atom is -0.355 e. The minimum absolute atomic E-state index is 0.303. The number of rotatable bonds is 4. The number of carbonyl (C=O) groups is 1. The van der Waals surface area contributed by atoms with Crippen LogP contribution in [0.4, 0.5) is 0 Å². The molecule has 0 aromatic heterocycles. The van der Waals surface area contributed by atoms with Gasteiger partial charge in [-0.25, -0.2) is 0 Å². The van der Waals surface area contributed by atoms with E-state index < -0.39 is 0 Å². The number of halogens is 1. The van der Waals surface area contributed by atoms with Crippen LogP contribution in [0.3, 0.4) is 0 Å². The quantitative estimate of drug-likeness (QED) is 0.790. The summed E-state index contributed by atoms with van der Waals surface area (Å²) in [6.07, 6.45) is 10.00. The van der Waals surface area contributed by atoms with Crippen LogP contribution in [0.2, 0.25) is 0 Å². The number of nitrogens with one attached hydrogen (secondary N) is 1. The van der Waals surface area contributed by atoms with Gasteiger partial charge in [-0.15, -0.1) is 0 Å². The standard InChI is InChI=1S/C13H22BrNO/c14-9-13(7-2-1-3-8-13)10-15-12(16)11-5-4-6-11/h11H,1-10H2,(H,15,16). The van der Waals surface area contributed by atoms with Crippen molar-refractivity contribution in [3.8, 4) is 0 Å². The van der Waals surface area contributed by atoms with Gasteiger partial charge >= 0.3 is 0 Å². The molecule has 0 aliphatic heterocycles. The molecule has 2 fully saturated rings. The first kappa shape index (κ1) is 12.4. The molecule has 0 spiro atoms. The summed E-state index contributed by atoms with van der Waals surface area (Å²) >= 11 is 3.64. The Balaban J connectivity index is 1.79. The zero-order chi connectivity index (χ0) is 11.4. The summed E-state index contributed by atoms with van der Waals surface area (Å²) in [5.41, 5.74) is 0.345. The molecule has 0 heterocycles. The Morgan fingerprint density at radius 3 is 2.38 bits per heavy atom. The van der Waals surface area contributed by atoms with Crippen LogP contribution in [0.25, 0.3) is 0 Å². The Morgan fingerprint density at radius 2 is 1.88 bits per heavy atom. The number of amides is 1. The predicted molar refractivity (Wildman–Crippen MR) is 69.7 cm³/mol. The van der Waals surface area contributed by atoms with Crippen molar-refractivity contribution in [3.05, 3.63) is 0 Å². The van der Waals surface area contributed by atoms with Gasteiger partial charge in [-0.2, -0.15) is 0 Å². The molecule has 2 nitrogen and oxygen atoms in total. The molecule has 0 aromatic carbocycles. The Hall–Kier alpha value is -0.0500. The van der Waals surface area contributed by atoms with Gasteiger partial charge in [0.2, 0.25) is 5.91 Å². The molecule has 0 bridgehead atoms. The fourth-order valence-electron chi connectivity index (χ4n) is 2.75. The van der Waals surface area contributed by atoms with Crippen molar-refractivity contribution >= 4 is 21.8 Å². The summed E-state index contributed by atoms with van der Waals surface area (Å²) in [6, 6.07) is 0. The maximum absolute atomic E-state index is 11.8. The molecule has 1 N–H and O–H groups in total. The molecule has 1 amide bonds. The number of carbonyl (C=O) groups excluding carboxylic acids is 1. The fourth-order valence-corrected chi connectivity index (χ4v) is 3.51. The molecule has 2 aliphatic rings. The topological polar surface area (TPSA) is 29.1 Å². The molecule has 0 aromatic rings. The van der Waals surface area contributed by atoms with E-state index in [1.807, 2.05) is 0 Å². The Morgan fingerprint density at radius 1 is 1.19 bits per heavy atom. The summed E-state index contributed by atoms with van der Waals surface area (Å²) in [6.45, 7) is 0.883. The monoisotopic (exact) mass is 287 g/mol. The summed E-state index contributed by atoms with van der Waals surface area (Å²) in [5.74, 6) is 0.633. The maximum atomic E-state index is 11.8. The normalized spacial score (nSPS) is 24.8. The van der Waals surface area contributed by atoms with Crippen LogP contribution < -0.4 is 5.32 Å².